The third kappa shape index (κ3) is 6.06. The van der Waals surface area contributed by atoms with E-state index in [9.17, 15) is 0 Å². The minimum atomic E-state index is 0.466. The summed E-state index contributed by atoms with van der Waals surface area (Å²) in [4.78, 5) is 4.10. The van der Waals surface area contributed by atoms with Gasteiger partial charge in [-0.25, -0.2) is 5.84 Å². The molecule has 3 N–H and O–H groups in total. The van der Waals surface area contributed by atoms with Crippen LogP contribution in [-0.4, -0.2) is 38.5 Å². The normalized spacial score (nSPS) is 10.2. The molecule has 0 radical (unpaired) electrons. The maximum absolute atomic E-state index is 5.39. The highest BCUT2D eigenvalue weighted by Crippen LogP contribution is 2.09. The standard InChI is InChI=1S/C11H19N3O3/c1-15-6-3-7-16-8-9-17-11-5-2-4-10(13-11)14-12/h2,4-5H,3,6-9,12H2,1H3,(H,13,14). The largest absolute Gasteiger partial charge is 0.475 e. The van der Waals surface area contributed by atoms with Crippen molar-refractivity contribution in [3.63, 3.8) is 0 Å². The minimum absolute atomic E-state index is 0.466. The maximum atomic E-state index is 5.39. The van der Waals surface area contributed by atoms with Crippen molar-refractivity contribution < 1.29 is 14.2 Å². The first-order valence-electron chi connectivity index (χ1n) is 5.50. The highest BCUT2D eigenvalue weighted by Gasteiger charge is 1.97. The minimum Gasteiger partial charge on any atom is -0.475 e. The summed E-state index contributed by atoms with van der Waals surface area (Å²) in [6.45, 7) is 2.39. The van der Waals surface area contributed by atoms with Crippen LogP contribution in [0.25, 0.3) is 0 Å². The van der Waals surface area contributed by atoms with Gasteiger partial charge in [0.1, 0.15) is 12.4 Å². The average molecular weight is 241 g/mol. The van der Waals surface area contributed by atoms with Crippen molar-refractivity contribution in [2.45, 2.75) is 6.42 Å². The number of methoxy groups -OCH3 is 1. The average Bonchev–Trinajstić information content (AvgIpc) is 2.38. The monoisotopic (exact) mass is 241 g/mol. The number of nitrogens with two attached hydrogens (primary N) is 1. The highest BCUT2D eigenvalue weighted by atomic mass is 16.5. The van der Waals surface area contributed by atoms with E-state index in [1.165, 1.54) is 0 Å². The quantitative estimate of drug-likeness (QED) is 0.378. The van der Waals surface area contributed by atoms with E-state index in [4.69, 9.17) is 20.1 Å². The topological polar surface area (TPSA) is 78.6 Å². The molecular weight excluding hydrogens is 222 g/mol. The van der Waals surface area contributed by atoms with Crippen molar-refractivity contribution in [1.82, 2.24) is 4.98 Å². The lowest BCUT2D eigenvalue weighted by molar-refractivity contribution is 0.0796. The van der Waals surface area contributed by atoms with E-state index in [0.29, 0.717) is 38.1 Å². The number of anilines is 1. The second kappa shape index (κ2) is 8.74. The summed E-state index contributed by atoms with van der Waals surface area (Å²) in [5.74, 6) is 6.34. The Kier molecular flexibility index (Phi) is 7.04. The lowest BCUT2D eigenvalue weighted by atomic mass is 10.4. The van der Waals surface area contributed by atoms with Crippen LogP contribution in [0.15, 0.2) is 18.2 Å². The number of nitrogens with zero attached hydrogens (tertiary/aromatic N) is 1. The molecule has 0 fully saturated rings. The van der Waals surface area contributed by atoms with Gasteiger partial charge >= 0.3 is 0 Å². The van der Waals surface area contributed by atoms with Gasteiger partial charge in [-0.2, -0.15) is 4.98 Å². The van der Waals surface area contributed by atoms with Gasteiger partial charge in [-0.1, -0.05) is 6.07 Å². The van der Waals surface area contributed by atoms with Crippen molar-refractivity contribution >= 4 is 5.82 Å². The molecule has 0 unspecified atom stereocenters. The third-order valence-corrected chi connectivity index (χ3v) is 1.99. The van der Waals surface area contributed by atoms with Crippen LogP contribution >= 0.6 is 0 Å². The number of rotatable bonds is 9. The zero-order chi connectivity index (χ0) is 12.3. The van der Waals surface area contributed by atoms with Gasteiger partial charge in [0.15, 0.2) is 0 Å². The smallest absolute Gasteiger partial charge is 0.215 e. The Balaban J connectivity index is 2.09. The van der Waals surface area contributed by atoms with Crippen LogP contribution in [0.5, 0.6) is 5.88 Å². The van der Waals surface area contributed by atoms with Crippen molar-refractivity contribution in [3.05, 3.63) is 18.2 Å². The molecule has 0 amide bonds. The summed E-state index contributed by atoms with van der Waals surface area (Å²) in [6.07, 6.45) is 0.890. The fourth-order valence-electron chi connectivity index (χ4n) is 1.19. The van der Waals surface area contributed by atoms with Crippen LogP contribution in [0.2, 0.25) is 0 Å². The number of pyridine rings is 1. The summed E-state index contributed by atoms with van der Waals surface area (Å²) in [7, 11) is 1.67. The summed E-state index contributed by atoms with van der Waals surface area (Å²) in [6, 6.07) is 5.34. The van der Waals surface area contributed by atoms with Gasteiger partial charge in [-0.3, -0.25) is 0 Å². The molecular formula is C11H19N3O3. The van der Waals surface area contributed by atoms with Crippen LogP contribution in [0.1, 0.15) is 6.42 Å². The number of ether oxygens (including phenoxy) is 3. The molecule has 0 saturated carbocycles. The van der Waals surface area contributed by atoms with Crippen molar-refractivity contribution in [2.75, 3.05) is 39.0 Å². The summed E-state index contributed by atoms with van der Waals surface area (Å²) in [5.41, 5.74) is 2.46. The maximum Gasteiger partial charge on any atom is 0.215 e. The molecule has 17 heavy (non-hydrogen) atoms. The van der Waals surface area contributed by atoms with Gasteiger partial charge in [0.2, 0.25) is 5.88 Å². The van der Waals surface area contributed by atoms with E-state index in [0.717, 1.165) is 6.42 Å². The number of hydrogen-bond acceptors (Lipinski definition) is 6. The number of nitrogens with one attached hydrogen (secondary N) is 1. The molecule has 0 aliphatic carbocycles. The van der Waals surface area contributed by atoms with E-state index in [2.05, 4.69) is 10.4 Å². The third-order valence-electron chi connectivity index (χ3n) is 1.99. The van der Waals surface area contributed by atoms with Crippen LogP contribution in [0.4, 0.5) is 5.82 Å². The number of hydrogen-bond donors (Lipinski definition) is 2. The Hall–Kier alpha value is -1.37. The fraction of sp³-hybridized carbons (Fsp3) is 0.545. The molecule has 0 aliphatic heterocycles. The van der Waals surface area contributed by atoms with Crippen LogP contribution in [-0.2, 0) is 9.47 Å². The first kappa shape index (κ1) is 13.7. The fourth-order valence-corrected chi connectivity index (χ4v) is 1.19. The molecule has 1 aromatic heterocycles. The zero-order valence-electron chi connectivity index (χ0n) is 10.0. The molecule has 6 heteroatoms. The van der Waals surface area contributed by atoms with E-state index in [1.807, 2.05) is 6.07 Å². The Morgan fingerprint density at radius 1 is 1.24 bits per heavy atom. The second-order valence-electron chi connectivity index (χ2n) is 3.31. The van der Waals surface area contributed by atoms with Crippen LogP contribution < -0.4 is 16.0 Å². The molecule has 0 atom stereocenters. The van der Waals surface area contributed by atoms with Gasteiger partial charge in [-0.05, 0) is 12.5 Å². The lowest BCUT2D eigenvalue weighted by Gasteiger charge is -2.07. The van der Waals surface area contributed by atoms with Gasteiger partial charge in [-0.15, -0.1) is 0 Å². The van der Waals surface area contributed by atoms with Gasteiger partial charge < -0.3 is 19.6 Å². The van der Waals surface area contributed by atoms with Crippen LogP contribution in [0, 0.1) is 0 Å². The number of hydrazine groups is 1. The SMILES string of the molecule is COCCCOCCOc1cccc(NN)n1. The molecule has 0 bridgehead atoms. The van der Waals surface area contributed by atoms with Gasteiger partial charge in [0, 0.05) is 26.4 Å². The van der Waals surface area contributed by atoms with Gasteiger partial charge in [0.05, 0.1) is 6.61 Å². The Labute approximate surface area is 101 Å². The van der Waals surface area contributed by atoms with E-state index in [1.54, 1.807) is 19.2 Å². The molecule has 96 valence electrons. The predicted molar refractivity (Wildman–Crippen MR) is 64.9 cm³/mol. The molecule has 0 spiro atoms. The van der Waals surface area contributed by atoms with Crippen molar-refractivity contribution in [1.29, 1.82) is 0 Å². The number of nitrogen functional groups attached to an aromatic ring is 1. The molecule has 0 saturated heterocycles. The molecule has 0 aliphatic rings. The molecule has 1 aromatic rings. The molecule has 6 nitrogen and oxygen atoms in total. The molecule has 1 heterocycles. The Bertz CT molecular complexity index is 310. The number of aromatic nitrogens is 1. The Morgan fingerprint density at radius 3 is 2.88 bits per heavy atom. The lowest BCUT2D eigenvalue weighted by Crippen LogP contribution is -2.11. The van der Waals surface area contributed by atoms with E-state index in [-0.39, 0.29) is 0 Å². The van der Waals surface area contributed by atoms with Gasteiger partial charge in [0.25, 0.3) is 0 Å². The first-order chi connectivity index (χ1) is 8.36. The summed E-state index contributed by atoms with van der Waals surface area (Å²) < 4.78 is 15.6. The summed E-state index contributed by atoms with van der Waals surface area (Å²) >= 11 is 0. The molecule has 0 aromatic carbocycles. The van der Waals surface area contributed by atoms with E-state index < -0.39 is 0 Å². The highest BCUT2D eigenvalue weighted by molar-refractivity contribution is 5.35. The van der Waals surface area contributed by atoms with Crippen LogP contribution in [0.3, 0.4) is 0 Å². The molecule has 1 rings (SSSR count). The Morgan fingerprint density at radius 2 is 2.12 bits per heavy atom. The summed E-state index contributed by atoms with van der Waals surface area (Å²) in [5, 5.41) is 0. The second-order valence-corrected chi connectivity index (χ2v) is 3.31. The van der Waals surface area contributed by atoms with Crippen molar-refractivity contribution in [2.24, 2.45) is 5.84 Å². The predicted octanol–water partition coefficient (Wildman–Crippen LogP) is 0.799. The van der Waals surface area contributed by atoms with Crippen molar-refractivity contribution in [3.8, 4) is 5.88 Å². The zero-order valence-corrected chi connectivity index (χ0v) is 10.0. The first-order valence-corrected chi connectivity index (χ1v) is 5.50. The van der Waals surface area contributed by atoms with E-state index >= 15 is 0 Å².